The van der Waals surface area contributed by atoms with Crippen molar-refractivity contribution in [3.8, 4) is 5.75 Å². The molecule has 0 heterocycles. The first kappa shape index (κ1) is 14.4. The Bertz CT molecular complexity index is 734. The molecular formula is C13H8F2N2O4. The Hall–Kier alpha value is -3.03. The molecule has 2 aromatic rings. The second kappa shape index (κ2) is 5.53. The molecule has 0 fully saturated rings. The summed E-state index contributed by atoms with van der Waals surface area (Å²) in [4.78, 5) is 21.9. The average molecular weight is 294 g/mol. The molecule has 8 heteroatoms. The maximum absolute atomic E-state index is 13.1. The molecule has 0 aliphatic carbocycles. The predicted molar refractivity (Wildman–Crippen MR) is 69.1 cm³/mol. The van der Waals surface area contributed by atoms with Crippen molar-refractivity contribution in [3.05, 3.63) is 63.7 Å². The Kier molecular flexibility index (Phi) is 3.79. The van der Waals surface area contributed by atoms with Crippen LogP contribution in [-0.4, -0.2) is 15.9 Å². The Balaban J connectivity index is 2.34. The highest BCUT2D eigenvalue weighted by Crippen LogP contribution is 2.23. The molecule has 0 aromatic heterocycles. The van der Waals surface area contributed by atoms with Crippen molar-refractivity contribution in [3.63, 3.8) is 0 Å². The predicted octanol–water partition coefficient (Wildman–Crippen LogP) is 2.83. The van der Waals surface area contributed by atoms with E-state index in [-0.39, 0.29) is 5.69 Å². The van der Waals surface area contributed by atoms with Crippen LogP contribution in [0.5, 0.6) is 5.75 Å². The van der Waals surface area contributed by atoms with Gasteiger partial charge in [-0.1, -0.05) is 0 Å². The smallest absolute Gasteiger partial charge is 0.282 e. The van der Waals surface area contributed by atoms with E-state index in [1.165, 1.54) is 6.07 Å². The Morgan fingerprint density at radius 3 is 2.52 bits per heavy atom. The van der Waals surface area contributed by atoms with Crippen LogP contribution in [0.4, 0.5) is 20.2 Å². The normalized spacial score (nSPS) is 10.2. The van der Waals surface area contributed by atoms with Crippen LogP contribution in [0.3, 0.4) is 0 Å². The average Bonchev–Trinajstić information content (AvgIpc) is 2.42. The van der Waals surface area contributed by atoms with E-state index in [2.05, 4.69) is 5.32 Å². The number of nitro benzene ring substituents is 1. The minimum absolute atomic E-state index is 0.0335. The lowest BCUT2D eigenvalue weighted by Crippen LogP contribution is -2.14. The Morgan fingerprint density at radius 2 is 1.90 bits per heavy atom. The van der Waals surface area contributed by atoms with Crippen LogP contribution in [-0.2, 0) is 0 Å². The second-order valence-electron chi connectivity index (χ2n) is 4.04. The molecule has 21 heavy (non-hydrogen) atoms. The fraction of sp³-hybridized carbons (Fsp3) is 0. The summed E-state index contributed by atoms with van der Waals surface area (Å²) < 4.78 is 26.3. The van der Waals surface area contributed by atoms with Gasteiger partial charge in [-0.15, -0.1) is 0 Å². The molecule has 6 nitrogen and oxygen atoms in total. The summed E-state index contributed by atoms with van der Waals surface area (Å²) in [5, 5.41) is 22.0. The van der Waals surface area contributed by atoms with Crippen molar-refractivity contribution in [2.45, 2.75) is 0 Å². The summed E-state index contributed by atoms with van der Waals surface area (Å²) in [6.45, 7) is 0. The lowest BCUT2D eigenvalue weighted by atomic mass is 10.1. The molecule has 108 valence electrons. The molecule has 2 rings (SSSR count). The monoisotopic (exact) mass is 294 g/mol. The summed E-state index contributed by atoms with van der Waals surface area (Å²) in [7, 11) is 0. The van der Waals surface area contributed by atoms with E-state index >= 15 is 0 Å². The highest BCUT2D eigenvalue weighted by Gasteiger charge is 2.21. The number of phenols is 1. The minimum atomic E-state index is -0.971. The number of carbonyl (C=O) groups excluding carboxylic acids is 1. The van der Waals surface area contributed by atoms with E-state index in [0.717, 1.165) is 24.3 Å². The highest BCUT2D eigenvalue weighted by molar-refractivity contribution is 6.07. The number of nitrogens with zero attached hydrogens (tertiary/aromatic N) is 1. The highest BCUT2D eigenvalue weighted by atomic mass is 19.1. The SMILES string of the molecule is O=C(Nc1ccc(O)c(F)c1)c1cc(F)ccc1[N+](=O)[O-]. The number of rotatable bonds is 3. The van der Waals surface area contributed by atoms with Gasteiger partial charge in [0.1, 0.15) is 11.4 Å². The van der Waals surface area contributed by atoms with Crippen LogP contribution < -0.4 is 5.32 Å². The molecule has 0 atom stereocenters. The van der Waals surface area contributed by atoms with Crippen molar-refractivity contribution in [1.29, 1.82) is 0 Å². The van der Waals surface area contributed by atoms with Crippen LogP contribution in [0.15, 0.2) is 36.4 Å². The molecule has 0 unspecified atom stereocenters. The molecule has 0 saturated heterocycles. The third-order valence-corrected chi connectivity index (χ3v) is 2.61. The fourth-order valence-corrected chi connectivity index (χ4v) is 1.63. The summed E-state index contributed by atoms with van der Waals surface area (Å²) in [5.41, 5.74) is -1.10. The zero-order valence-electron chi connectivity index (χ0n) is 10.3. The van der Waals surface area contributed by atoms with Gasteiger partial charge in [-0.3, -0.25) is 14.9 Å². The molecule has 0 aliphatic rings. The lowest BCUT2D eigenvalue weighted by molar-refractivity contribution is -0.385. The van der Waals surface area contributed by atoms with Crippen molar-refractivity contribution >= 4 is 17.3 Å². The third-order valence-electron chi connectivity index (χ3n) is 2.61. The lowest BCUT2D eigenvalue weighted by Gasteiger charge is -2.06. The van der Waals surface area contributed by atoms with Crippen LogP contribution in [0, 0.1) is 21.7 Å². The van der Waals surface area contributed by atoms with E-state index in [1.807, 2.05) is 0 Å². The molecule has 0 saturated carbocycles. The summed E-state index contributed by atoms with van der Waals surface area (Å²) in [6, 6.07) is 5.46. The largest absolute Gasteiger partial charge is 0.505 e. The van der Waals surface area contributed by atoms with Crippen LogP contribution in [0.25, 0.3) is 0 Å². The number of benzene rings is 2. The number of hydrogen-bond donors (Lipinski definition) is 2. The van der Waals surface area contributed by atoms with E-state index in [1.54, 1.807) is 0 Å². The second-order valence-corrected chi connectivity index (χ2v) is 4.04. The number of anilines is 1. The maximum Gasteiger partial charge on any atom is 0.282 e. The van der Waals surface area contributed by atoms with Gasteiger partial charge in [-0.05, 0) is 24.3 Å². The molecular weight excluding hydrogens is 286 g/mol. The molecule has 0 aliphatic heterocycles. The number of aromatic hydroxyl groups is 1. The molecule has 1 amide bonds. The van der Waals surface area contributed by atoms with Crippen molar-refractivity contribution in [2.24, 2.45) is 0 Å². The van der Waals surface area contributed by atoms with Crippen molar-refractivity contribution in [2.75, 3.05) is 5.32 Å². The zero-order valence-corrected chi connectivity index (χ0v) is 10.3. The van der Waals surface area contributed by atoms with Gasteiger partial charge in [0.2, 0.25) is 0 Å². The number of nitro groups is 1. The topological polar surface area (TPSA) is 92.5 Å². The number of halogens is 2. The summed E-state index contributed by atoms with van der Waals surface area (Å²) in [5.74, 6) is -3.36. The van der Waals surface area contributed by atoms with Crippen molar-refractivity contribution < 1.29 is 23.6 Å². The molecule has 2 N–H and O–H groups in total. The summed E-state index contributed by atoms with van der Waals surface area (Å²) >= 11 is 0. The van der Waals surface area contributed by atoms with E-state index in [9.17, 15) is 23.7 Å². The van der Waals surface area contributed by atoms with Gasteiger partial charge in [-0.25, -0.2) is 8.78 Å². The number of hydrogen-bond acceptors (Lipinski definition) is 4. The Labute approximate surface area is 116 Å². The van der Waals surface area contributed by atoms with Gasteiger partial charge in [-0.2, -0.15) is 0 Å². The fourth-order valence-electron chi connectivity index (χ4n) is 1.63. The molecule has 0 bridgehead atoms. The van der Waals surface area contributed by atoms with E-state index in [4.69, 9.17) is 5.11 Å². The first-order valence-electron chi connectivity index (χ1n) is 5.62. The Morgan fingerprint density at radius 1 is 1.19 bits per heavy atom. The third kappa shape index (κ3) is 3.11. The number of amides is 1. The maximum atomic E-state index is 13.1. The van der Waals surface area contributed by atoms with Gasteiger partial charge >= 0.3 is 0 Å². The van der Waals surface area contributed by atoms with E-state index < -0.39 is 39.5 Å². The minimum Gasteiger partial charge on any atom is -0.505 e. The van der Waals surface area contributed by atoms with Crippen LogP contribution in [0.1, 0.15) is 10.4 Å². The van der Waals surface area contributed by atoms with E-state index in [0.29, 0.717) is 6.07 Å². The first-order valence-corrected chi connectivity index (χ1v) is 5.62. The quantitative estimate of drug-likeness (QED) is 0.517. The number of nitrogens with one attached hydrogen (secondary N) is 1. The summed E-state index contributed by atoms with van der Waals surface area (Å²) in [6.07, 6.45) is 0. The number of phenolic OH excluding ortho intramolecular Hbond substituents is 1. The molecule has 0 radical (unpaired) electrons. The standard InChI is InChI=1S/C13H8F2N2O4/c14-7-1-3-11(17(20)21)9(5-7)13(19)16-8-2-4-12(18)10(15)6-8/h1-6,18H,(H,16,19). The molecule has 0 spiro atoms. The first-order chi connectivity index (χ1) is 9.88. The number of carbonyl (C=O) groups is 1. The van der Waals surface area contributed by atoms with Crippen LogP contribution >= 0.6 is 0 Å². The van der Waals surface area contributed by atoms with Gasteiger partial charge in [0.25, 0.3) is 11.6 Å². The zero-order chi connectivity index (χ0) is 15.6. The van der Waals surface area contributed by atoms with Crippen molar-refractivity contribution in [1.82, 2.24) is 0 Å². The van der Waals surface area contributed by atoms with Gasteiger partial charge in [0.05, 0.1) is 4.92 Å². The van der Waals surface area contributed by atoms with Crippen LogP contribution in [0.2, 0.25) is 0 Å². The van der Waals surface area contributed by atoms with Gasteiger partial charge in [0.15, 0.2) is 11.6 Å². The van der Waals surface area contributed by atoms with Gasteiger partial charge < -0.3 is 10.4 Å². The molecule has 2 aromatic carbocycles. The van der Waals surface area contributed by atoms with Gasteiger partial charge in [0, 0.05) is 17.8 Å².